The van der Waals surface area contributed by atoms with Crippen molar-refractivity contribution in [3.8, 4) is 0 Å². The third-order valence-electron chi connectivity index (χ3n) is 6.38. The van der Waals surface area contributed by atoms with Crippen molar-refractivity contribution in [2.75, 3.05) is 53.4 Å². The molecule has 2 fully saturated rings. The van der Waals surface area contributed by atoms with Gasteiger partial charge in [0.15, 0.2) is 0 Å². The normalized spacial score (nSPS) is 19.0. The summed E-state index contributed by atoms with van der Waals surface area (Å²) in [5, 5.41) is 3.41. The fraction of sp³-hybridized carbons (Fsp3) is 0.440. The average molecular weight is 422 g/mol. The quantitative estimate of drug-likeness (QED) is 0.418. The lowest BCUT2D eigenvalue weighted by molar-refractivity contribution is -0.140. The highest BCUT2D eigenvalue weighted by molar-refractivity contribution is 5.88. The summed E-state index contributed by atoms with van der Waals surface area (Å²) in [6.07, 6.45) is 7.35. The number of nitrogens with one attached hydrogen (secondary N) is 1. The van der Waals surface area contributed by atoms with Gasteiger partial charge in [-0.05, 0) is 43.6 Å². The molecule has 0 radical (unpaired) electrons. The Morgan fingerprint density at radius 2 is 1.68 bits per heavy atom. The molecule has 2 aliphatic rings. The van der Waals surface area contributed by atoms with Gasteiger partial charge in [-0.25, -0.2) is 0 Å². The van der Waals surface area contributed by atoms with Crippen molar-refractivity contribution in [3.63, 3.8) is 0 Å². The number of carbonyl (C=O) groups is 1. The summed E-state index contributed by atoms with van der Waals surface area (Å²) >= 11 is 0. The minimum atomic E-state index is -0.408. The smallest absolute Gasteiger partial charge is 0.233 e. The summed E-state index contributed by atoms with van der Waals surface area (Å²) in [6.45, 7) is 13.0. The van der Waals surface area contributed by atoms with Crippen molar-refractivity contribution in [1.82, 2.24) is 20.0 Å². The number of allylic oxidation sites excluding steroid dienone is 2. The van der Waals surface area contributed by atoms with Crippen molar-refractivity contribution in [2.24, 2.45) is 4.99 Å². The molecule has 0 aromatic heterocycles. The van der Waals surface area contributed by atoms with E-state index in [0.717, 1.165) is 69.1 Å². The van der Waals surface area contributed by atoms with Gasteiger partial charge in [-0.3, -0.25) is 9.79 Å². The summed E-state index contributed by atoms with van der Waals surface area (Å²) in [5.41, 5.74) is 2.52. The predicted molar refractivity (Wildman–Crippen MR) is 128 cm³/mol. The number of nitrogens with zero attached hydrogens (tertiary/aromatic N) is 4. The summed E-state index contributed by atoms with van der Waals surface area (Å²) in [5.74, 6) is 0.273. The first kappa shape index (κ1) is 22.8. The maximum atomic E-state index is 13.7. The Hall–Kier alpha value is -2.86. The Morgan fingerprint density at radius 1 is 1.06 bits per heavy atom. The van der Waals surface area contributed by atoms with Gasteiger partial charge in [-0.15, -0.1) is 0 Å². The van der Waals surface area contributed by atoms with Gasteiger partial charge in [0.25, 0.3) is 0 Å². The van der Waals surface area contributed by atoms with E-state index in [0.29, 0.717) is 0 Å². The van der Waals surface area contributed by atoms with Gasteiger partial charge in [-0.2, -0.15) is 0 Å². The summed E-state index contributed by atoms with van der Waals surface area (Å²) in [7, 11) is 3.65. The molecule has 6 heteroatoms. The molecule has 1 aromatic rings. The molecular weight excluding hydrogens is 386 g/mol. The molecule has 6 nitrogen and oxygen atoms in total. The minimum Gasteiger partial charge on any atom is -0.368 e. The topological polar surface area (TPSA) is 51.2 Å². The number of aliphatic imine (C=N–C) groups is 1. The first-order valence-electron chi connectivity index (χ1n) is 11.0. The van der Waals surface area contributed by atoms with Crippen LogP contribution in [0, 0.1) is 0 Å². The van der Waals surface area contributed by atoms with Crippen molar-refractivity contribution in [3.05, 3.63) is 72.6 Å². The van der Waals surface area contributed by atoms with Crippen molar-refractivity contribution in [2.45, 2.75) is 18.3 Å². The van der Waals surface area contributed by atoms with Crippen LogP contribution in [0.25, 0.3) is 0 Å². The molecule has 0 atom stereocenters. The Morgan fingerprint density at radius 3 is 2.29 bits per heavy atom. The number of hydrogen-bond donors (Lipinski definition) is 1. The molecule has 1 aromatic carbocycles. The second kappa shape index (κ2) is 10.4. The third-order valence-corrected chi connectivity index (χ3v) is 6.38. The molecule has 2 saturated heterocycles. The van der Waals surface area contributed by atoms with Crippen molar-refractivity contribution in [1.29, 1.82) is 0 Å². The number of amides is 1. The van der Waals surface area contributed by atoms with Crippen LogP contribution in [0.4, 0.5) is 0 Å². The fourth-order valence-corrected chi connectivity index (χ4v) is 4.40. The minimum absolute atomic E-state index is 0.273. The molecular formula is C25H35N5O. The molecule has 0 saturated carbocycles. The van der Waals surface area contributed by atoms with Crippen molar-refractivity contribution < 1.29 is 4.79 Å². The van der Waals surface area contributed by atoms with E-state index in [2.05, 4.69) is 45.4 Å². The van der Waals surface area contributed by atoms with Crippen LogP contribution in [0.15, 0.2) is 72.0 Å². The summed E-state index contributed by atoms with van der Waals surface area (Å²) < 4.78 is 0. The number of hydrogen-bond acceptors (Lipinski definition) is 4. The Labute approximate surface area is 186 Å². The number of piperazine rings is 1. The average Bonchev–Trinajstić information content (AvgIpc) is 2.83. The summed E-state index contributed by atoms with van der Waals surface area (Å²) in [4.78, 5) is 23.9. The molecule has 1 amide bonds. The molecule has 2 heterocycles. The lowest BCUT2D eigenvalue weighted by Crippen LogP contribution is -2.56. The molecule has 0 unspecified atom stereocenters. The van der Waals surface area contributed by atoms with E-state index in [1.54, 1.807) is 13.4 Å². The van der Waals surface area contributed by atoms with E-state index >= 15 is 0 Å². The van der Waals surface area contributed by atoms with Gasteiger partial charge < -0.3 is 20.0 Å². The number of likely N-dealkylation sites (N-methyl/N-ethyl adjacent to an activating group) is 1. The van der Waals surface area contributed by atoms with Crippen molar-refractivity contribution >= 4 is 12.2 Å². The van der Waals surface area contributed by atoms with Gasteiger partial charge in [-0.1, -0.05) is 43.5 Å². The Balaban J connectivity index is 1.62. The predicted octanol–water partition coefficient (Wildman–Crippen LogP) is 2.63. The highest BCUT2D eigenvalue weighted by Gasteiger charge is 2.44. The highest BCUT2D eigenvalue weighted by Crippen LogP contribution is 2.36. The van der Waals surface area contributed by atoms with Crippen LogP contribution >= 0.6 is 0 Å². The molecule has 0 aliphatic carbocycles. The molecule has 0 spiro atoms. The first-order valence-corrected chi connectivity index (χ1v) is 11.0. The van der Waals surface area contributed by atoms with Gasteiger partial charge in [0.1, 0.15) is 0 Å². The van der Waals surface area contributed by atoms with Crippen LogP contribution in [-0.4, -0.2) is 80.3 Å². The Bertz CT molecular complexity index is 831. The maximum Gasteiger partial charge on any atom is 0.233 e. The van der Waals surface area contributed by atoms with E-state index in [1.807, 2.05) is 42.3 Å². The van der Waals surface area contributed by atoms with E-state index in [-0.39, 0.29) is 5.91 Å². The highest BCUT2D eigenvalue weighted by atomic mass is 16.2. The van der Waals surface area contributed by atoms with Crippen LogP contribution in [0.2, 0.25) is 0 Å². The van der Waals surface area contributed by atoms with Gasteiger partial charge >= 0.3 is 0 Å². The van der Waals surface area contributed by atoms with E-state index in [4.69, 9.17) is 0 Å². The SMILES string of the molecule is C=C(/C=C\C(=C)N1CCN(C(=O)C2(c3ccccc3)CCNCC2)CC1)N(C)C=NC. The second-order valence-electron chi connectivity index (χ2n) is 8.28. The van der Waals surface area contributed by atoms with E-state index < -0.39 is 5.41 Å². The number of carbonyl (C=O) groups excluding carboxylic acids is 1. The molecule has 0 bridgehead atoms. The first-order chi connectivity index (χ1) is 15.0. The van der Waals surface area contributed by atoms with Crippen LogP contribution < -0.4 is 5.32 Å². The lowest BCUT2D eigenvalue weighted by atomic mass is 9.72. The van der Waals surface area contributed by atoms with E-state index in [9.17, 15) is 4.79 Å². The molecule has 3 rings (SSSR count). The standard InChI is InChI=1S/C25H35N5O/c1-21(28(4)20-26-3)10-11-22(2)29-16-18-30(19-17-29)24(31)25(12-14-27-15-13-25)23-8-6-5-7-9-23/h5-11,20,27H,1-2,12-19H2,3-4H3/b11-10-,26-20?. The molecule has 1 N–H and O–H groups in total. The van der Waals surface area contributed by atoms with Crippen LogP contribution in [0.5, 0.6) is 0 Å². The van der Waals surface area contributed by atoms with Crippen LogP contribution in [-0.2, 0) is 10.2 Å². The number of rotatable bonds is 7. The largest absolute Gasteiger partial charge is 0.368 e. The zero-order valence-electron chi connectivity index (χ0n) is 18.9. The van der Waals surface area contributed by atoms with Gasteiger partial charge in [0, 0.05) is 51.7 Å². The van der Waals surface area contributed by atoms with Crippen LogP contribution in [0.1, 0.15) is 18.4 Å². The van der Waals surface area contributed by atoms with E-state index in [1.165, 1.54) is 0 Å². The lowest BCUT2D eigenvalue weighted by Gasteiger charge is -2.44. The Kier molecular flexibility index (Phi) is 7.69. The third kappa shape index (κ3) is 5.25. The van der Waals surface area contributed by atoms with Gasteiger partial charge in [0.2, 0.25) is 5.91 Å². The number of benzene rings is 1. The zero-order chi connectivity index (χ0) is 22.3. The number of piperidine rings is 1. The van der Waals surface area contributed by atoms with Crippen LogP contribution in [0.3, 0.4) is 0 Å². The monoisotopic (exact) mass is 421 g/mol. The summed E-state index contributed by atoms with van der Waals surface area (Å²) in [6, 6.07) is 10.3. The fourth-order valence-electron chi connectivity index (χ4n) is 4.40. The molecule has 31 heavy (non-hydrogen) atoms. The maximum absolute atomic E-state index is 13.7. The molecule has 166 valence electrons. The second-order valence-corrected chi connectivity index (χ2v) is 8.28. The zero-order valence-corrected chi connectivity index (χ0v) is 18.9. The van der Waals surface area contributed by atoms with Gasteiger partial charge in [0.05, 0.1) is 11.8 Å². The molecule has 2 aliphatic heterocycles.